The fraction of sp³-hybridized carbons (Fsp3) is 0.333. The van der Waals surface area contributed by atoms with Crippen LogP contribution in [-0.4, -0.2) is 29.3 Å². The molecule has 1 aliphatic rings. The molecule has 0 unspecified atom stereocenters. The fourth-order valence-corrected chi connectivity index (χ4v) is 3.41. The second-order valence-electron chi connectivity index (χ2n) is 7.65. The lowest BCUT2D eigenvalue weighted by Gasteiger charge is -2.32. The van der Waals surface area contributed by atoms with Crippen molar-refractivity contribution in [2.24, 2.45) is 5.41 Å². The minimum Gasteiger partial charge on any atom is -0.468 e. The molecule has 2 aromatic rings. The number of nitrogens with one attached hydrogen (secondary N) is 1. The number of carbonyl (C=O) groups is 3. The number of amides is 1. The van der Waals surface area contributed by atoms with E-state index in [1.807, 2.05) is 13.8 Å². The number of benzene rings is 1. The lowest BCUT2D eigenvalue weighted by molar-refractivity contribution is -0.141. The summed E-state index contributed by atoms with van der Waals surface area (Å²) in [5, 5.41) is 2.57. The predicted molar refractivity (Wildman–Crippen MR) is 104 cm³/mol. The first-order valence-electron chi connectivity index (χ1n) is 8.95. The van der Waals surface area contributed by atoms with Gasteiger partial charge in [-0.05, 0) is 30.0 Å². The number of aromatic nitrogens is 1. The van der Waals surface area contributed by atoms with Crippen LogP contribution in [0.5, 0.6) is 0 Å². The Hall–Kier alpha value is -3.22. The zero-order valence-corrected chi connectivity index (χ0v) is 16.1. The summed E-state index contributed by atoms with van der Waals surface area (Å²) in [5.74, 6) is -1.20. The first-order chi connectivity index (χ1) is 13.2. The number of hydrogen-bond donors (Lipinski definition) is 1. The van der Waals surface area contributed by atoms with E-state index in [0.29, 0.717) is 29.7 Å². The first-order valence-corrected chi connectivity index (χ1v) is 8.95. The van der Waals surface area contributed by atoms with Crippen molar-refractivity contribution in [1.82, 2.24) is 4.57 Å². The summed E-state index contributed by atoms with van der Waals surface area (Å²) < 4.78 is 5.94. The van der Waals surface area contributed by atoms with E-state index in [0.717, 1.165) is 0 Å². The zero-order valence-electron chi connectivity index (χ0n) is 16.1. The molecule has 0 atom stereocenters. The first kappa shape index (κ1) is 19.5. The number of pyridine rings is 1. The topological polar surface area (TPSA) is 94.5 Å². The van der Waals surface area contributed by atoms with Gasteiger partial charge in [0, 0.05) is 23.2 Å². The van der Waals surface area contributed by atoms with E-state index in [4.69, 9.17) is 4.74 Å². The number of ketones is 1. The van der Waals surface area contributed by atoms with E-state index < -0.39 is 17.4 Å². The summed E-state index contributed by atoms with van der Waals surface area (Å²) in [7, 11) is 1.23. The summed E-state index contributed by atoms with van der Waals surface area (Å²) in [6.45, 7) is 3.55. The van der Waals surface area contributed by atoms with Crippen LogP contribution in [0.25, 0.3) is 0 Å². The van der Waals surface area contributed by atoms with Crippen molar-refractivity contribution in [1.29, 1.82) is 0 Å². The standard InChI is InChI=1S/C21H22N2O5/c1-21(2)10-16-14(17(24)11-21)9-15(20(27)23(16)12-18(25)28-3)22-19(26)13-7-5-4-6-8-13/h4-9H,10-12H2,1-3H3,(H,22,26). The molecule has 1 aliphatic carbocycles. The van der Waals surface area contributed by atoms with Crippen LogP contribution in [0.2, 0.25) is 0 Å². The molecule has 1 amide bonds. The molecule has 1 aromatic heterocycles. The molecule has 7 heteroatoms. The van der Waals surface area contributed by atoms with Gasteiger partial charge in [-0.2, -0.15) is 0 Å². The number of fused-ring (bicyclic) bond motifs is 1. The van der Waals surface area contributed by atoms with Crippen LogP contribution in [0.1, 0.15) is 46.7 Å². The minimum atomic E-state index is -0.605. The molecule has 0 saturated heterocycles. The average Bonchev–Trinajstić information content (AvgIpc) is 2.65. The number of esters is 1. The predicted octanol–water partition coefficient (Wildman–Crippen LogP) is 2.43. The zero-order chi connectivity index (χ0) is 20.5. The number of ether oxygens (including phenoxy) is 1. The van der Waals surface area contributed by atoms with Gasteiger partial charge in [-0.1, -0.05) is 32.0 Å². The van der Waals surface area contributed by atoms with Crippen LogP contribution in [0, 0.1) is 5.41 Å². The van der Waals surface area contributed by atoms with Gasteiger partial charge in [-0.15, -0.1) is 0 Å². The van der Waals surface area contributed by atoms with Gasteiger partial charge in [0.25, 0.3) is 11.5 Å². The van der Waals surface area contributed by atoms with E-state index in [2.05, 4.69) is 5.32 Å². The minimum absolute atomic E-state index is 0.0374. The van der Waals surface area contributed by atoms with E-state index in [1.165, 1.54) is 17.7 Å². The van der Waals surface area contributed by atoms with Gasteiger partial charge in [-0.3, -0.25) is 23.7 Å². The Bertz CT molecular complexity index is 1010. The number of rotatable bonds is 4. The molecule has 0 radical (unpaired) electrons. The molecule has 0 bridgehead atoms. The highest BCUT2D eigenvalue weighted by atomic mass is 16.5. The summed E-state index contributed by atoms with van der Waals surface area (Å²) in [4.78, 5) is 50.0. The molecule has 7 nitrogen and oxygen atoms in total. The Morgan fingerprint density at radius 3 is 2.46 bits per heavy atom. The molecule has 1 heterocycles. The van der Waals surface area contributed by atoms with E-state index in [9.17, 15) is 19.2 Å². The van der Waals surface area contributed by atoms with Gasteiger partial charge in [0.2, 0.25) is 0 Å². The molecule has 1 aromatic carbocycles. The van der Waals surface area contributed by atoms with Crippen LogP contribution in [0.4, 0.5) is 5.69 Å². The molecule has 28 heavy (non-hydrogen) atoms. The van der Waals surface area contributed by atoms with Crippen molar-refractivity contribution in [3.05, 3.63) is 63.6 Å². The summed E-state index contributed by atoms with van der Waals surface area (Å²) in [6, 6.07) is 9.86. The number of methoxy groups -OCH3 is 1. The van der Waals surface area contributed by atoms with Crippen LogP contribution in [0.3, 0.4) is 0 Å². The number of Topliss-reactive ketones (excluding diaryl/α,β-unsaturated/α-hetero) is 1. The van der Waals surface area contributed by atoms with Crippen LogP contribution in [-0.2, 0) is 22.5 Å². The number of carbonyl (C=O) groups excluding carboxylic acids is 3. The van der Waals surface area contributed by atoms with Crippen molar-refractivity contribution >= 4 is 23.3 Å². The van der Waals surface area contributed by atoms with Gasteiger partial charge < -0.3 is 10.1 Å². The third-order valence-corrected chi connectivity index (χ3v) is 4.79. The summed E-state index contributed by atoms with van der Waals surface area (Å²) in [5.41, 5.74) is 0.319. The highest BCUT2D eigenvalue weighted by Gasteiger charge is 2.34. The molecule has 0 saturated carbocycles. The Kier molecular flexibility index (Phi) is 5.18. The van der Waals surface area contributed by atoms with Gasteiger partial charge >= 0.3 is 5.97 Å². The summed E-state index contributed by atoms with van der Waals surface area (Å²) >= 11 is 0. The van der Waals surface area contributed by atoms with Crippen molar-refractivity contribution in [3.8, 4) is 0 Å². The van der Waals surface area contributed by atoms with Crippen molar-refractivity contribution in [2.45, 2.75) is 33.2 Å². The maximum Gasteiger partial charge on any atom is 0.325 e. The fourth-order valence-electron chi connectivity index (χ4n) is 3.41. The third-order valence-electron chi connectivity index (χ3n) is 4.79. The third kappa shape index (κ3) is 3.88. The highest BCUT2D eigenvalue weighted by Crippen LogP contribution is 2.35. The highest BCUT2D eigenvalue weighted by molar-refractivity contribution is 6.05. The van der Waals surface area contributed by atoms with Crippen molar-refractivity contribution in [2.75, 3.05) is 12.4 Å². The SMILES string of the molecule is COC(=O)Cn1c2c(cc(NC(=O)c3ccccc3)c1=O)C(=O)CC(C)(C)C2. The molecular weight excluding hydrogens is 360 g/mol. The Morgan fingerprint density at radius 1 is 1.14 bits per heavy atom. The van der Waals surface area contributed by atoms with Gasteiger partial charge in [0.1, 0.15) is 12.2 Å². The number of nitrogens with zero attached hydrogens (tertiary/aromatic N) is 1. The maximum atomic E-state index is 13.0. The molecular formula is C21H22N2O5. The lowest BCUT2D eigenvalue weighted by atomic mass is 9.75. The average molecular weight is 382 g/mol. The van der Waals surface area contributed by atoms with Gasteiger partial charge in [0.15, 0.2) is 5.78 Å². The largest absolute Gasteiger partial charge is 0.468 e. The van der Waals surface area contributed by atoms with Gasteiger partial charge in [-0.25, -0.2) is 0 Å². The smallest absolute Gasteiger partial charge is 0.325 e. The normalized spacial score (nSPS) is 14.9. The Morgan fingerprint density at radius 2 is 1.82 bits per heavy atom. The van der Waals surface area contributed by atoms with E-state index in [-0.39, 0.29) is 23.4 Å². The maximum absolute atomic E-state index is 13.0. The quantitative estimate of drug-likeness (QED) is 0.820. The molecule has 1 N–H and O–H groups in total. The summed E-state index contributed by atoms with van der Waals surface area (Å²) in [6.07, 6.45) is 0.787. The second kappa shape index (κ2) is 7.42. The molecule has 0 spiro atoms. The van der Waals surface area contributed by atoms with E-state index >= 15 is 0 Å². The lowest BCUT2D eigenvalue weighted by Crippen LogP contribution is -2.37. The van der Waals surface area contributed by atoms with Crippen LogP contribution >= 0.6 is 0 Å². The second-order valence-corrected chi connectivity index (χ2v) is 7.65. The van der Waals surface area contributed by atoms with Crippen molar-refractivity contribution in [3.63, 3.8) is 0 Å². The number of anilines is 1. The monoisotopic (exact) mass is 382 g/mol. The van der Waals surface area contributed by atoms with Crippen LogP contribution in [0.15, 0.2) is 41.2 Å². The Labute approximate surface area is 162 Å². The van der Waals surface area contributed by atoms with E-state index in [1.54, 1.807) is 30.3 Å². The van der Waals surface area contributed by atoms with Gasteiger partial charge in [0.05, 0.1) is 7.11 Å². The van der Waals surface area contributed by atoms with Crippen molar-refractivity contribution < 1.29 is 19.1 Å². The van der Waals surface area contributed by atoms with Crippen LogP contribution < -0.4 is 10.9 Å². The molecule has 0 aliphatic heterocycles. The molecule has 146 valence electrons. The Balaban J connectivity index is 2.09. The molecule has 3 rings (SSSR count). The number of hydrogen-bond acceptors (Lipinski definition) is 5. The molecule has 0 fully saturated rings.